The van der Waals surface area contributed by atoms with Gasteiger partial charge in [0.15, 0.2) is 11.6 Å². The number of benzene rings is 1. The predicted molar refractivity (Wildman–Crippen MR) is 66.7 cm³/mol. The van der Waals surface area contributed by atoms with Crippen LogP contribution < -0.4 is 4.74 Å². The Kier molecular flexibility index (Phi) is 4.52. The molecule has 1 atom stereocenters. The van der Waals surface area contributed by atoms with Crippen LogP contribution in [0.3, 0.4) is 0 Å². The highest BCUT2D eigenvalue weighted by Gasteiger charge is 2.21. The summed E-state index contributed by atoms with van der Waals surface area (Å²) in [6, 6.07) is 4.92. The smallest absolute Gasteiger partial charge is 0.165 e. The predicted octanol–water partition coefficient (Wildman–Crippen LogP) is 3.17. The van der Waals surface area contributed by atoms with Crippen LogP contribution in [0.1, 0.15) is 32.8 Å². The summed E-state index contributed by atoms with van der Waals surface area (Å²) in [6.45, 7) is 5.98. The zero-order valence-corrected chi connectivity index (χ0v) is 11.0. The minimum atomic E-state index is -0.382. The molecule has 0 spiro atoms. The molecule has 0 aromatic heterocycles. The molecule has 1 unspecified atom stereocenters. The second-order valence-corrected chi connectivity index (χ2v) is 5.39. The van der Waals surface area contributed by atoms with E-state index in [1.54, 1.807) is 6.07 Å². The summed E-state index contributed by atoms with van der Waals surface area (Å²) >= 11 is 0. The van der Waals surface area contributed by atoms with E-state index >= 15 is 0 Å². The van der Waals surface area contributed by atoms with Crippen molar-refractivity contribution in [3.8, 4) is 5.75 Å². The van der Waals surface area contributed by atoms with Crippen molar-refractivity contribution in [2.24, 2.45) is 5.41 Å². The molecule has 1 aromatic carbocycles. The lowest BCUT2D eigenvalue weighted by Gasteiger charge is -2.25. The van der Waals surface area contributed by atoms with Gasteiger partial charge in [-0.2, -0.15) is 0 Å². The molecule has 0 heterocycles. The molecule has 2 nitrogen and oxygen atoms in total. The highest BCUT2D eigenvalue weighted by Crippen LogP contribution is 2.24. The van der Waals surface area contributed by atoms with Gasteiger partial charge in [0, 0.05) is 0 Å². The first kappa shape index (κ1) is 14.0. The van der Waals surface area contributed by atoms with E-state index in [2.05, 4.69) is 0 Å². The summed E-state index contributed by atoms with van der Waals surface area (Å²) in [6.07, 6.45) is 0.918. The molecule has 0 radical (unpaired) electrons. The summed E-state index contributed by atoms with van der Waals surface area (Å²) in [4.78, 5) is 0. The number of hydrogen-bond acceptors (Lipinski definition) is 2. The number of ether oxygens (including phenoxy) is 1. The van der Waals surface area contributed by atoms with Crippen molar-refractivity contribution in [3.05, 3.63) is 29.6 Å². The second kappa shape index (κ2) is 5.50. The topological polar surface area (TPSA) is 29.5 Å². The van der Waals surface area contributed by atoms with E-state index in [4.69, 9.17) is 4.74 Å². The van der Waals surface area contributed by atoms with Crippen molar-refractivity contribution < 1.29 is 14.2 Å². The van der Waals surface area contributed by atoms with Crippen LogP contribution in [0, 0.1) is 11.2 Å². The standard InChI is InChI=1S/C14H21FO2/c1-14(2,3)13(16)8-6-10-5-7-12(17-4)11(15)9-10/h5,7,9,13,16H,6,8H2,1-4H3. The van der Waals surface area contributed by atoms with Crippen molar-refractivity contribution in [2.75, 3.05) is 7.11 Å². The number of aliphatic hydroxyl groups is 1. The van der Waals surface area contributed by atoms with Crippen molar-refractivity contribution in [3.63, 3.8) is 0 Å². The second-order valence-electron chi connectivity index (χ2n) is 5.39. The van der Waals surface area contributed by atoms with E-state index in [0.717, 1.165) is 5.56 Å². The third-order valence-electron chi connectivity index (χ3n) is 2.92. The highest BCUT2D eigenvalue weighted by molar-refractivity contribution is 5.29. The van der Waals surface area contributed by atoms with Crippen LogP contribution in [0.5, 0.6) is 5.75 Å². The lowest BCUT2D eigenvalue weighted by molar-refractivity contribution is 0.0560. The summed E-state index contributed by atoms with van der Waals surface area (Å²) in [5.41, 5.74) is 0.747. The van der Waals surface area contributed by atoms with E-state index in [1.165, 1.54) is 13.2 Å². The first-order valence-electron chi connectivity index (χ1n) is 5.85. The van der Waals surface area contributed by atoms with Gasteiger partial charge in [-0.05, 0) is 36.0 Å². The molecule has 0 amide bonds. The first-order chi connectivity index (χ1) is 7.84. The number of hydrogen-bond donors (Lipinski definition) is 1. The van der Waals surface area contributed by atoms with Gasteiger partial charge in [0.2, 0.25) is 0 Å². The van der Waals surface area contributed by atoms with Gasteiger partial charge in [-0.25, -0.2) is 4.39 Å². The Balaban J connectivity index is 2.61. The Bertz CT molecular complexity index is 369. The molecule has 0 saturated heterocycles. The summed E-state index contributed by atoms with van der Waals surface area (Å²) < 4.78 is 18.3. The van der Waals surface area contributed by atoms with E-state index in [9.17, 15) is 9.50 Å². The van der Waals surface area contributed by atoms with Crippen molar-refractivity contribution in [1.29, 1.82) is 0 Å². The fourth-order valence-electron chi connectivity index (χ4n) is 1.60. The van der Waals surface area contributed by atoms with Gasteiger partial charge in [-0.15, -0.1) is 0 Å². The Morgan fingerprint density at radius 1 is 1.35 bits per heavy atom. The summed E-state index contributed by atoms with van der Waals surface area (Å²) in [5.74, 6) is -0.0969. The van der Waals surface area contributed by atoms with Crippen LogP contribution in [0.15, 0.2) is 18.2 Å². The van der Waals surface area contributed by atoms with Gasteiger partial charge in [-0.3, -0.25) is 0 Å². The molecule has 0 aliphatic heterocycles. The molecular weight excluding hydrogens is 219 g/mol. The molecule has 1 rings (SSSR count). The Morgan fingerprint density at radius 3 is 2.47 bits per heavy atom. The Hall–Kier alpha value is -1.09. The maximum absolute atomic E-state index is 13.4. The molecule has 1 N–H and O–H groups in total. The normalized spacial score (nSPS) is 13.5. The number of aliphatic hydroxyl groups excluding tert-OH is 1. The quantitative estimate of drug-likeness (QED) is 0.876. The van der Waals surface area contributed by atoms with Crippen LogP contribution in [0.25, 0.3) is 0 Å². The molecule has 0 bridgehead atoms. The van der Waals surface area contributed by atoms with Crippen molar-refractivity contribution in [2.45, 2.75) is 39.7 Å². The van der Waals surface area contributed by atoms with Crippen LogP contribution in [0.4, 0.5) is 4.39 Å². The lowest BCUT2D eigenvalue weighted by atomic mass is 9.86. The zero-order valence-electron chi connectivity index (χ0n) is 11.0. The fourth-order valence-corrected chi connectivity index (χ4v) is 1.60. The third kappa shape index (κ3) is 4.00. The Labute approximate surface area is 102 Å². The first-order valence-corrected chi connectivity index (χ1v) is 5.85. The molecule has 0 saturated carbocycles. The Morgan fingerprint density at radius 2 is 2.00 bits per heavy atom. The molecule has 0 aliphatic rings. The molecule has 0 fully saturated rings. The van der Waals surface area contributed by atoms with Crippen LogP contribution in [-0.4, -0.2) is 18.3 Å². The molecule has 3 heteroatoms. The SMILES string of the molecule is COc1ccc(CCC(O)C(C)(C)C)cc1F. The zero-order chi connectivity index (χ0) is 13.1. The largest absolute Gasteiger partial charge is 0.494 e. The number of rotatable bonds is 4. The average Bonchev–Trinajstić information content (AvgIpc) is 2.24. The van der Waals surface area contributed by atoms with Gasteiger partial charge in [0.25, 0.3) is 0 Å². The number of aryl methyl sites for hydroxylation is 1. The monoisotopic (exact) mass is 240 g/mol. The summed E-state index contributed by atoms with van der Waals surface area (Å²) in [5, 5.41) is 9.90. The molecule has 0 aliphatic carbocycles. The van der Waals surface area contributed by atoms with E-state index < -0.39 is 0 Å². The van der Waals surface area contributed by atoms with Crippen molar-refractivity contribution in [1.82, 2.24) is 0 Å². The molecule has 1 aromatic rings. The highest BCUT2D eigenvalue weighted by atomic mass is 19.1. The maximum Gasteiger partial charge on any atom is 0.165 e. The van der Waals surface area contributed by atoms with Gasteiger partial charge in [0.05, 0.1) is 13.2 Å². The van der Waals surface area contributed by atoms with Gasteiger partial charge < -0.3 is 9.84 Å². The molecule has 96 valence electrons. The summed E-state index contributed by atoms with van der Waals surface area (Å²) in [7, 11) is 1.45. The van der Waals surface area contributed by atoms with Gasteiger partial charge in [-0.1, -0.05) is 26.8 Å². The number of methoxy groups -OCH3 is 1. The van der Waals surface area contributed by atoms with Crippen molar-refractivity contribution >= 4 is 0 Å². The minimum absolute atomic E-state index is 0.134. The maximum atomic E-state index is 13.4. The number of halogens is 1. The van der Waals surface area contributed by atoms with Crippen LogP contribution in [0.2, 0.25) is 0 Å². The minimum Gasteiger partial charge on any atom is -0.494 e. The van der Waals surface area contributed by atoms with E-state index in [-0.39, 0.29) is 23.1 Å². The average molecular weight is 240 g/mol. The van der Waals surface area contributed by atoms with E-state index in [1.807, 2.05) is 26.8 Å². The fraction of sp³-hybridized carbons (Fsp3) is 0.571. The van der Waals surface area contributed by atoms with Crippen LogP contribution in [-0.2, 0) is 6.42 Å². The molecular formula is C14H21FO2. The van der Waals surface area contributed by atoms with E-state index in [0.29, 0.717) is 12.8 Å². The van der Waals surface area contributed by atoms with Gasteiger partial charge >= 0.3 is 0 Å². The lowest BCUT2D eigenvalue weighted by Crippen LogP contribution is -2.26. The van der Waals surface area contributed by atoms with Crippen LogP contribution >= 0.6 is 0 Å². The third-order valence-corrected chi connectivity index (χ3v) is 2.92. The molecule has 17 heavy (non-hydrogen) atoms. The van der Waals surface area contributed by atoms with Gasteiger partial charge in [0.1, 0.15) is 0 Å².